The number of ether oxygens (including phenoxy) is 1. The van der Waals surface area contributed by atoms with Crippen molar-refractivity contribution in [3.05, 3.63) is 59.2 Å². The number of rotatable bonds is 5. The maximum atomic E-state index is 12.1. The van der Waals surface area contributed by atoms with E-state index in [0.29, 0.717) is 17.7 Å². The van der Waals surface area contributed by atoms with Crippen molar-refractivity contribution in [2.24, 2.45) is 0 Å². The van der Waals surface area contributed by atoms with Gasteiger partial charge < -0.3 is 15.0 Å². The van der Waals surface area contributed by atoms with Crippen LogP contribution in [0.4, 0.5) is 11.4 Å². The Balaban J connectivity index is 1.53. The minimum atomic E-state index is -0.523. The largest absolute Gasteiger partial charge is 0.452 e. The van der Waals surface area contributed by atoms with Crippen molar-refractivity contribution in [1.29, 1.82) is 0 Å². The van der Waals surface area contributed by atoms with Crippen molar-refractivity contribution in [2.75, 3.05) is 23.4 Å². The summed E-state index contributed by atoms with van der Waals surface area (Å²) in [6, 6.07) is 12.5. The number of hydrogen-bond donors (Lipinski definition) is 1. The smallest absolute Gasteiger partial charge is 0.338 e. The van der Waals surface area contributed by atoms with E-state index in [-0.39, 0.29) is 12.5 Å². The first-order chi connectivity index (χ1) is 12.9. The first-order valence-corrected chi connectivity index (χ1v) is 8.89. The van der Waals surface area contributed by atoms with Gasteiger partial charge >= 0.3 is 5.97 Å². The summed E-state index contributed by atoms with van der Waals surface area (Å²) in [6.07, 6.45) is 1.44. The number of benzene rings is 2. The second-order valence-corrected chi connectivity index (χ2v) is 6.64. The predicted molar refractivity (Wildman–Crippen MR) is 103 cm³/mol. The summed E-state index contributed by atoms with van der Waals surface area (Å²) in [7, 11) is 0. The van der Waals surface area contributed by atoms with Gasteiger partial charge in [-0.1, -0.05) is 17.7 Å². The number of carbonyl (C=O) groups is 3. The van der Waals surface area contributed by atoms with Crippen LogP contribution in [0.3, 0.4) is 0 Å². The van der Waals surface area contributed by atoms with E-state index in [2.05, 4.69) is 5.32 Å². The number of esters is 1. The summed E-state index contributed by atoms with van der Waals surface area (Å²) in [5.74, 6) is -0.825. The summed E-state index contributed by atoms with van der Waals surface area (Å²) in [6.45, 7) is 4.13. The minimum Gasteiger partial charge on any atom is -0.452 e. The highest BCUT2D eigenvalue weighted by molar-refractivity contribution is 5.97. The van der Waals surface area contributed by atoms with E-state index >= 15 is 0 Å². The van der Waals surface area contributed by atoms with E-state index in [4.69, 9.17) is 4.74 Å². The number of aryl methyl sites for hydroxylation is 2. The molecule has 1 aliphatic heterocycles. The van der Waals surface area contributed by atoms with Gasteiger partial charge in [-0.3, -0.25) is 9.59 Å². The molecule has 0 saturated carbocycles. The molecule has 2 aromatic rings. The Labute approximate surface area is 158 Å². The van der Waals surface area contributed by atoms with Crippen LogP contribution in [0.2, 0.25) is 0 Å². The summed E-state index contributed by atoms with van der Waals surface area (Å²) in [5, 5.41) is 2.68. The molecule has 0 spiro atoms. The Morgan fingerprint density at radius 3 is 2.48 bits per heavy atom. The second-order valence-electron chi connectivity index (χ2n) is 6.64. The minimum absolute atomic E-state index is 0.116. The van der Waals surface area contributed by atoms with Gasteiger partial charge in [0.2, 0.25) is 5.91 Å². The summed E-state index contributed by atoms with van der Waals surface area (Å²) >= 11 is 0. The van der Waals surface area contributed by atoms with Gasteiger partial charge in [-0.15, -0.1) is 0 Å². The third-order valence-electron chi connectivity index (χ3n) is 4.47. The molecule has 1 aliphatic rings. The van der Waals surface area contributed by atoms with E-state index < -0.39 is 11.9 Å². The summed E-state index contributed by atoms with van der Waals surface area (Å²) in [5.41, 5.74) is 3.72. The predicted octanol–water partition coefficient (Wildman–Crippen LogP) is 3.23. The Morgan fingerprint density at radius 2 is 1.85 bits per heavy atom. The molecule has 1 N–H and O–H groups in total. The van der Waals surface area contributed by atoms with Gasteiger partial charge in [0.15, 0.2) is 6.61 Å². The lowest BCUT2D eigenvalue weighted by molar-refractivity contribution is -0.119. The van der Waals surface area contributed by atoms with Crippen LogP contribution in [-0.2, 0) is 14.3 Å². The molecular formula is C21H22N2O4. The average Bonchev–Trinajstić information content (AvgIpc) is 3.06. The van der Waals surface area contributed by atoms with Gasteiger partial charge in [0.1, 0.15) is 0 Å². The van der Waals surface area contributed by atoms with Crippen molar-refractivity contribution in [3.63, 3.8) is 0 Å². The van der Waals surface area contributed by atoms with E-state index in [9.17, 15) is 14.4 Å². The molecule has 6 nitrogen and oxygen atoms in total. The highest BCUT2D eigenvalue weighted by Gasteiger charge is 2.21. The molecule has 6 heteroatoms. The van der Waals surface area contributed by atoms with Crippen molar-refractivity contribution < 1.29 is 19.1 Å². The number of nitrogens with zero attached hydrogens (tertiary/aromatic N) is 1. The first kappa shape index (κ1) is 18.6. The van der Waals surface area contributed by atoms with E-state index in [0.717, 1.165) is 29.8 Å². The summed E-state index contributed by atoms with van der Waals surface area (Å²) < 4.78 is 5.10. The third kappa shape index (κ3) is 4.53. The number of anilines is 2. The molecule has 140 valence electrons. The van der Waals surface area contributed by atoms with Crippen LogP contribution in [0, 0.1) is 13.8 Å². The fraction of sp³-hybridized carbons (Fsp3) is 0.286. The van der Waals surface area contributed by atoms with Crippen molar-refractivity contribution in [1.82, 2.24) is 0 Å². The number of carbonyl (C=O) groups excluding carboxylic acids is 3. The average molecular weight is 366 g/mol. The maximum Gasteiger partial charge on any atom is 0.338 e. The van der Waals surface area contributed by atoms with Gasteiger partial charge in [0.25, 0.3) is 5.91 Å². The van der Waals surface area contributed by atoms with Crippen LogP contribution in [0.15, 0.2) is 42.5 Å². The maximum absolute atomic E-state index is 12.1. The van der Waals surface area contributed by atoms with Crippen molar-refractivity contribution in [3.8, 4) is 0 Å². The highest BCUT2D eigenvalue weighted by atomic mass is 16.5. The fourth-order valence-corrected chi connectivity index (χ4v) is 3.09. The van der Waals surface area contributed by atoms with Gasteiger partial charge in [0, 0.05) is 24.3 Å². The molecule has 0 bridgehead atoms. The number of nitrogens with one attached hydrogen (secondary N) is 1. The monoisotopic (exact) mass is 366 g/mol. The van der Waals surface area contributed by atoms with Crippen molar-refractivity contribution in [2.45, 2.75) is 26.7 Å². The van der Waals surface area contributed by atoms with Gasteiger partial charge in [0.05, 0.1) is 5.56 Å². The molecule has 0 aromatic heterocycles. The van der Waals surface area contributed by atoms with Gasteiger partial charge in [-0.05, 0) is 56.2 Å². The molecule has 0 unspecified atom stereocenters. The fourth-order valence-electron chi connectivity index (χ4n) is 3.09. The van der Waals surface area contributed by atoms with Gasteiger partial charge in [-0.25, -0.2) is 4.79 Å². The molecule has 2 aromatic carbocycles. The molecule has 1 saturated heterocycles. The zero-order chi connectivity index (χ0) is 19.4. The Bertz CT molecular complexity index is 874. The Hall–Kier alpha value is -3.15. The van der Waals surface area contributed by atoms with Crippen LogP contribution in [0.25, 0.3) is 0 Å². The molecule has 0 atom stereocenters. The van der Waals surface area contributed by atoms with Gasteiger partial charge in [-0.2, -0.15) is 0 Å². The zero-order valence-corrected chi connectivity index (χ0v) is 15.5. The normalized spacial score (nSPS) is 13.6. The molecule has 1 fully saturated rings. The van der Waals surface area contributed by atoms with E-state index in [1.807, 2.05) is 26.0 Å². The lowest BCUT2D eigenvalue weighted by atomic mass is 10.1. The Kier molecular flexibility index (Phi) is 5.54. The lowest BCUT2D eigenvalue weighted by Crippen LogP contribution is -2.24. The lowest BCUT2D eigenvalue weighted by Gasteiger charge is -2.16. The van der Waals surface area contributed by atoms with Crippen LogP contribution in [0.5, 0.6) is 0 Å². The SMILES string of the molecule is Cc1ccc(C(=O)OCC(=O)Nc2ccc(N3CCCC3=O)cc2)c(C)c1. The molecule has 0 radical (unpaired) electrons. The molecule has 0 aliphatic carbocycles. The quantitative estimate of drug-likeness (QED) is 0.825. The van der Waals surface area contributed by atoms with Crippen molar-refractivity contribution >= 4 is 29.2 Å². The topological polar surface area (TPSA) is 75.7 Å². The first-order valence-electron chi connectivity index (χ1n) is 8.89. The standard InChI is InChI=1S/C21H22N2O4/c1-14-5-10-18(15(2)12-14)21(26)27-13-19(24)22-16-6-8-17(9-7-16)23-11-3-4-20(23)25/h5-10,12H,3-4,11,13H2,1-2H3,(H,22,24). The van der Waals surface area contributed by atoms with Crippen LogP contribution in [0.1, 0.15) is 34.3 Å². The third-order valence-corrected chi connectivity index (χ3v) is 4.47. The zero-order valence-electron chi connectivity index (χ0n) is 15.5. The van der Waals surface area contributed by atoms with E-state index in [1.54, 1.807) is 35.2 Å². The summed E-state index contributed by atoms with van der Waals surface area (Å²) in [4.78, 5) is 37.6. The number of amides is 2. The molecule has 3 rings (SSSR count). The highest BCUT2D eigenvalue weighted by Crippen LogP contribution is 2.23. The number of hydrogen-bond acceptors (Lipinski definition) is 4. The molecule has 1 heterocycles. The van der Waals surface area contributed by atoms with Crippen LogP contribution >= 0.6 is 0 Å². The Morgan fingerprint density at radius 1 is 1.11 bits per heavy atom. The molecule has 2 amide bonds. The second kappa shape index (κ2) is 8.03. The van der Waals surface area contributed by atoms with Crippen LogP contribution in [-0.4, -0.2) is 30.9 Å². The van der Waals surface area contributed by atoms with Crippen LogP contribution < -0.4 is 10.2 Å². The molecule has 27 heavy (non-hydrogen) atoms. The van der Waals surface area contributed by atoms with E-state index in [1.165, 1.54) is 0 Å². The molecular weight excluding hydrogens is 344 g/mol.